The van der Waals surface area contributed by atoms with E-state index >= 15 is 0 Å². The van der Waals surface area contributed by atoms with Crippen LogP contribution in [0.2, 0.25) is 0 Å². The molecule has 0 spiro atoms. The lowest BCUT2D eigenvalue weighted by Crippen LogP contribution is -2.41. The first-order valence-corrected chi connectivity index (χ1v) is 7.01. The Morgan fingerprint density at radius 3 is 2.25 bits per heavy atom. The van der Waals surface area contributed by atoms with Crippen molar-refractivity contribution in [3.63, 3.8) is 0 Å². The maximum Gasteiger partial charge on any atom is 0.314 e. The van der Waals surface area contributed by atoms with Crippen molar-refractivity contribution >= 4 is 12.0 Å². The lowest BCUT2D eigenvalue weighted by atomic mass is 9.84. The zero-order valence-electron chi connectivity index (χ0n) is 13.3. The van der Waals surface area contributed by atoms with Gasteiger partial charge in [-0.05, 0) is 38.9 Å². The van der Waals surface area contributed by atoms with Crippen LogP contribution in [0.3, 0.4) is 0 Å². The molecule has 0 radical (unpaired) electrons. The Bertz CT molecular complexity index is 311. The van der Waals surface area contributed by atoms with E-state index in [0.29, 0.717) is 13.0 Å². The van der Waals surface area contributed by atoms with Gasteiger partial charge in [0.2, 0.25) is 0 Å². The van der Waals surface area contributed by atoms with Crippen molar-refractivity contribution in [1.29, 1.82) is 0 Å². The number of nitrogens with one attached hydrogen (secondary N) is 2. The third-order valence-electron chi connectivity index (χ3n) is 2.78. The molecule has 0 bridgehead atoms. The van der Waals surface area contributed by atoms with Crippen molar-refractivity contribution < 1.29 is 14.7 Å². The predicted octanol–water partition coefficient (Wildman–Crippen LogP) is 1.37. The number of rotatable bonds is 8. The topological polar surface area (TPSA) is 81.7 Å². The Hall–Kier alpha value is -1.30. The standard InChI is InChI=1S/C14H29N3O3/c1-14(2,3)9-11(12(18)19)10-16-13(20)15-7-6-8-17(4)5/h11H,6-10H2,1-5H3,(H,18,19)(H2,15,16,20). The molecule has 0 aromatic carbocycles. The van der Waals surface area contributed by atoms with Gasteiger partial charge in [-0.3, -0.25) is 4.79 Å². The van der Waals surface area contributed by atoms with E-state index in [1.54, 1.807) is 0 Å². The zero-order valence-corrected chi connectivity index (χ0v) is 13.3. The highest BCUT2D eigenvalue weighted by Crippen LogP contribution is 2.24. The van der Waals surface area contributed by atoms with Gasteiger partial charge in [0.25, 0.3) is 0 Å². The third kappa shape index (κ3) is 10.6. The second kappa shape index (κ2) is 8.79. The summed E-state index contributed by atoms with van der Waals surface area (Å²) in [5.74, 6) is -1.42. The van der Waals surface area contributed by atoms with Crippen LogP contribution in [0.25, 0.3) is 0 Å². The zero-order chi connectivity index (χ0) is 15.8. The maximum atomic E-state index is 11.6. The molecule has 0 aromatic heterocycles. The number of carboxylic acid groups (broad SMARTS) is 1. The fraction of sp³-hybridized carbons (Fsp3) is 0.857. The molecule has 1 unspecified atom stereocenters. The van der Waals surface area contributed by atoms with Crippen molar-refractivity contribution in [3.05, 3.63) is 0 Å². The van der Waals surface area contributed by atoms with Crippen molar-refractivity contribution in [2.45, 2.75) is 33.6 Å². The monoisotopic (exact) mass is 287 g/mol. The second-order valence-electron chi connectivity index (χ2n) is 6.59. The first kappa shape index (κ1) is 18.7. The quantitative estimate of drug-likeness (QED) is 0.589. The molecule has 1 atom stereocenters. The molecule has 0 aliphatic rings. The van der Waals surface area contributed by atoms with Crippen LogP contribution >= 0.6 is 0 Å². The molecular formula is C14H29N3O3. The van der Waals surface area contributed by atoms with Crippen LogP contribution in [0.5, 0.6) is 0 Å². The molecular weight excluding hydrogens is 258 g/mol. The van der Waals surface area contributed by atoms with E-state index < -0.39 is 11.9 Å². The minimum absolute atomic E-state index is 0.0765. The van der Waals surface area contributed by atoms with Gasteiger partial charge < -0.3 is 20.6 Å². The van der Waals surface area contributed by atoms with Gasteiger partial charge in [0.05, 0.1) is 5.92 Å². The Labute approximate surface area is 121 Å². The summed E-state index contributed by atoms with van der Waals surface area (Å²) in [4.78, 5) is 24.7. The lowest BCUT2D eigenvalue weighted by molar-refractivity contribution is -0.142. The van der Waals surface area contributed by atoms with Gasteiger partial charge in [-0.1, -0.05) is 20.8 Å². The van der Waals surface area contributed by atoms with E-state index in [4.69, 9.17) is 5.11 Å². The van der Waals surface area contributed by atoms with Gasteiger partial charge in [0, 0.05) is 13.1 Å². The maximum absolute atomic E-state index is 11.6. The van der Waals surface area contributed by atoms with E-state index in [1.807, 2.05) is 39.8 Å². The smallest absolute Gasteiger partial charge is 0.314 e. The molecule has 0 aliphatic carbocycles. The van der Waals surface area contributed by atoms with Crippen LogP contribution in [0.15, 0.2) is 0 Å². The number of hydrogen-bond acceptors (Lipinski definition) is 3. The Kier molecular flexibility index (Phi) is 8.22. The molecule has 118 valence electrons. The minimum Gasteiger partial charge on any atom is -0.481 e. The van der Waals surface area contributed by atoms with Gasteiger partial charge in [-0.15, -0.1) is 0 Å². The lowest BCUT2D eigenvalue weighted by Gasteiger charge is -2.23. The summed E-state index contributed by atoms with van der Waals surface area (Å²) >= 11 is 0. The van der Waals surface area contributed by atoms with Crippen LogP contribution in [0, 0.1) is 11.3 Å². The number of amides is 2. The fourth-order valence-corrected chi connectivity index (χ4v) is 1.86. The Morgan fingerprint density at radius 1 is 1.20 bits per heavy atom. The SMILES string of the molecule is CN(C)CCCNC(=O)NCC(CC(C)(C)C)C(=O)O. The van der Waals surface area contributed by atoms with Crippen molar-refractivity contribution in [2.24, 2.45) is 11.3 Å². The number of carbonyl (C=O) groups excluding carboxylic acids is 1. The van der Waals surface area contributed by atoms with Crippen LogP contribution in [-0.4, -0.2) is 55.7 Å². The van der Waals surface area contributed by atoms with Crippen molar-refractivity contribution in [1.82, 2.24) is 15.5 Å². The predicted molar refractivity (Wildman–Crippen MR) is 79.8 cm³/mol. The van der Waals surface area contributed by atoms with Gasteiger partial charge in [0.1, 0.15) is 0 Å². The molecule has 0 saturated carbocycles. The average molecular weight is 287 g/mol. The summed E-state index contributed by atoms with van der Waals surface area (Å²) in [6.45, 7) is 7.62. The summed E-state index contributed by atoms with van der Waals surface area (Å²) in [7, 11) is 3.95. The molecule has 3 N–H and O–H groups in total. The number of urea groups is 1. The molecule has 0 rings (SSSR count). The Morgan fingerprint density at radius 2 is 1.80 bits per heavy atom. The molecule has 0 aliphatic heterocycles. The fourth-order valence-electron chi connectivity index (χ4n) is 1.86. The number of carbonyl (C=O) groups is 2. The van der Waals surface area contributed by atoms with E-state index in [-0.39, 0.29) is 18.0 Å². The third-order valence-corrected chi connectivity index (χ3v) is 2.78. The highest BCUT2D eigenvalue weighted by molar-refractivity contribution is 5.75. The highest BCUT2D eigenvalue weighted by Gasteiger charge is 2.24. The van der Waals surface area contributed by atoms with Crippen LogP contribution in [0.1, 0.15) is 33.6 Å². The van der Waals surface area contributed by atoms with Crippen molar-refractivity contribution in [2.75, 3.05) is 33.7 Å². The summed E-state index contributed by atoms with van der Waals surface area (Å²) < 4.78 is 0. The molecule has 0 heterocycles. The van der Waals surface area contributed by atoms with Crippen molar-refractivity contribution in [3.8, 4) is 0 Å². The molecule has 0 saturated heterocycles. The molecule has 20 heavy (non-hydrogen) atoms. The normalized spacial score (nSPS) is 13.1. The minimum atomic E-state index is -0.868. The largest absolute Gasteiger partial charge is 0.481 e. The number of nitrogens with zero attached hydrogens (tertiary/aromatic N) is 1. The molecule has 0 fully saturated rings. The Balaban J connectivity index is 3.97. The highest BCUT2D eigenvalue weighted by atomic mass is 16.4. The van der Waals surface area contributed by atoms with Crippen LogP contribution < -0.4 is 10.6 Å². The van der Waals surface area contributed by atoms with Gasteiger partial charge in [0.15, 0.2) is 0 Å². The van der Waals surface area contributed by atoms with Gasteiger partial charge in [-0.2, -0.15) is 0 Å². The van der Waals surface area contributed by atoms with E-state index in [9.17, 15) is 9.59 Å². The number of carboxylic acids is 1. The number of aliphatic carboxylic acids is 1. The van der Waals surface area contributed by atoms with E-state index in [1.165, 1.54) is 0 Å². The molecule has 2 amide bonds. The molecule has 6 nitrogen and oxygen atoms in total. The average Bonchev–Trinajstić information content (AvgIpc) is 2.28. The van der Waals surface area contributed by atoms with Gasteiger partial charge in [-0.25, -0.2) is 4.79 Å². The second-order valence-corrected chi connectivity index (χ2v) is 6.59. The summed E-state index contributed by atoms with van der Waals surface area (Å²) in [5, 5.41) is 14.5. The summed E-state index contributed by atoms with van der Waals surface area (Å²) in [6.07, 6.45) is 1.40. The first-order valence-electron chi connectivity index (χ1n) is 7.01. The van der Waals surface area contributed by atoms with Crippen LogP contribution in [0.4, 0.5) is 4.79 Å². The van der Waals surface area contributed by atoms with E-state index in [2.05, 4.69) is 10.6 Å². The molecule has 0 aromatic rings. The van der Waals surface area contributed by atoms with E-state index in [0.717, 1.165) is 13.0 Å². The molecule has 6 heteroatoms. The van der Waals surface area contributed by atoms with Gasteiger partial charge >= 0.3 is 12.0 Å². The summed E-state index contributed by atoms with van der Waals surface area (Å²) in [5.41, 5.74) is -0.0765. The first-order chi connectivity index (χ1) is 9.11. The number of hydrogen-bond donors (Lipinski definition) is 3. The summed E-state index contributed by atoms with van der Waals surface area (Å²) in [6, 6.07) is -0.302. The van der Waals surface area contributed by atoms with Crippen LogP contribution in [-0.2, 0) is 4.79 Å².